The molecule has 1 atom stereocenters. The first-order valence-corrected chi connectivity index (χ1v) is 9.99. The standard InChI is InChI=1S/C21H35N5O/c1-15(2)12-18-10-11-26(14-18)20(22-5)23-13-17-6-8-19(9-7-17)25-21(27)24-16(3)4/h6-9,15-16,18H,10-14H2,1-5H3,(H,22,23)(H2,24,25,27). The van der Waals surface area contributed by atoms with Crippen molar-refractivity contribution in [1.82, 2.24) is 15.5 Å². The molecule has 6 heteroatoms. The first-order valence-electron chi connectivity index (χ1n) is 9.99. The van der Waals surface area contributed by atoms with E-state index in [1.807, 2.05) is 45.2 Å². The lowest BCUT2D eigenvalue weighted by Crippen LogP contribution is -2.39. The molecule has 1 unspecified atom stereocenters. The van der Waals surface area contributed by atoms with E-state index >= 15 is 0 Å². The summed E-state index contributed by atoms with van der Waals surface area (Å²) in [7, 11) is 1.85. The molecule has 1 heterocycles. The molecule has 6 nitrogen and oxygen atoms in total. The number of aliphatic imine (C=N–C) groups is 1. The van der Waals surface area contributed by atoms with Gasteiger partial charge in [0.2, 0.25) is 0 Å². The topological polar surface area (TPSA) is 68.8 Å². The van der Waals surface area contributed by atoms with Gasteiger partial charge in [-0.15, -0.1) is 0 Å². The van der Waals surface area contributed by atoms with Crippen LogP contribution in [-0.2, 0) is 6.54 Å². The van der Waals surface area contributed by atoms with Crippen LogP contribution in [0, 0.1) is 11.8 Å². The number of carbonyl (C=O) groups excluding carboxylic acids is 1. The molecule has 2 rings (SSSR count). The van der Waals surface area contributed by atoms with E-state index in [1.165, 1.54) is 12.8 Å². The highest BCUT2D eigenvalue weighted by atomic mass is 16.2. The zero-order chi connectivity index (χ0) is 19.8. The largest absolute Gasteiger partial charge is 0.352 e. The average Bonchev–Trinajstić information content (AvgIpc) is 3.03. The third kappa shape index (κ3) is 7.12. The molecule has 1 aliphatic heterocycles. The fourth-order valence-electron chi connectivity index (χ4n) is 3.53. The quantitative estimate of drug-likeness (QED) is 0.526. The van der Waals surface area contributed by atoms with E-state index in [-0.39, 0.29) is 12.1 Å². The third-order valence-corrected chi connectivity index (χ3v) is 4.68. The summed E-state index contributed by atoms with van der Waals surface area (Å²) in [6.45, 7) is 11.3. The Labute approximate surface area is 163 Å². The van der Waals surface area contributed by atoms with Crippen LogP contribution in [-0.4, -0.2) is 43.1 Å². The monoisotopic (exact) mass is 373 g/mol. The number of hydrogen-bond acceptors (Lipinski definition) is 2. The van der Waals surface area contributed by atoms with Gasteiger partial charge in [0.05, 0.1) is 0 Å². The van der Waals surface area contributed by atoms with Gasteiger partial charge in [-0.25, -0.2) is 4.79 Å². The summed E-state index contributed by atoms with van der Waals surface area (Å²) in [6, 6.07) is 7.84. The van der Waals surface area contributed by atoms with Gasteiger partial charge in [0, 0.05) is 38.4 Å². The van der Waals surface area contributed by atoms with Gasteiger partial charge >= 0.3 is 6.03 Å². The van der Waals surface area contributed by atoms with Crippen LogP contribution in [0.3, 0.4) is 0 Å². The van der Waals surface area contributed by atoms with Gasteiger partial charge in [-0.2, -0.15) is 0 Å². The Morgan fingerprint density at radius 2 is 1.93 bits per heavy atom. The van der Waals surface area contributed by atoms with Gasteiger partial charge < -0.3 is 20.9 Å². The molecule has 0 radical (unpaired) electrons. The molecule has 1 aromatic carbocycles. The molecule has 2 amide bonds. The second-order valence-electron chi connectivity index (χ2n) is 8.08. The van der Waals surface area contributed by atoms with Crippen molar-refractivity contribution >= 4 is 17.7 Å². The van der Waals surface area contributed by atoms with E-state index in [0.717, 1.165) is 48.7 Å². The molecule has 0 spiro atoms. The van der Waals surface area contributed by atoms with Gasteiger partial charge in [-0.05, 0) is 56.2 Å². The van der Waals surface area contributed by atoms with E-state index in [9.17, 15) is 4.79 Å². The Balaban J connectivity index is 1.82. The van der Waals surface area contributed by atoms with Crippen molar-refractivity contribution < 1.29 is 4.79 Å². The smallest absolute Gasteiger partial charge is 0.319 e. The average molecular weight is 374 g/mol. The van der Waals surface area contributed by atoms with E-state index in [2.05, 4.69) is 39.7 Å². The molecule has 1 aromatic rings. The zero-order valence-electron chi connectivity index (χ0n) is 17.4. The molecule has 150 valence electrons. The van der Waals surface area contributed by atoms with E-state index in [4.69, 9.17) is 0 Å². The number of nitrogens with one attached hydrogen (secondary N) is 3. The maximum absolute atomic E-state index is 11.7. The summed E-state index contributed by atoms with van der Waals surface area (Å²) in [5.41, 5.74) is 1.95. The highest BCUT2D eigenvalue weighted by Crippen LogP contribution is 2.23. The van der Waals surface area contributed by atoms with E-state index < -0.39 is 0 Å². The summed E-state index contributed by atoms with van der Waals surface area (Å²) >= 11 is 0. The molecule has 1 saturated heterocycles. The molecule has 1 aliphatic rings. The van der Waals surface area contributed by atoms with Crippen LogP contribution >= 0.6 is 0 Å². The lowest BCUT2D eigenvalue weighted by molar-refractivity contribution is 0.250. The molecule has 1 fully saturated rings. The number of nitrogens with zero attached hydrogens (tertiary/aromatic N) is 2. The molecule has 3 N–H and O–H groups in total. The third-order valence-electron chi connectivity index (χ3n) is 4.68. The minimum absolute atomic E-state index is 0.117. The van der Waals surface area contributed by atoms with Crippen molar-refractivity contribution in [3.63, 3.8) is 0 Å². The molecule has 0 bridgehead atoms. The van der Waals surface area contributed by atoms with Crippen molar-refractivity contribution in [1.29, 1.82) is 0 Å². The Bertz CT molecular complexity index is 624. The number of anilines is 1. The predicted octanol–water partition coefficient (Wildman–Crippen LogP) is 3.66. The molecular weight excluding hydrogens is 338 g/mol. The molecule has 0 aromatic heterocycles. The van der Waals surface area contributed by atoms with Crippen LogP contribution in [0.2, 0.25) is 0 Å². The number of hydrogen-bond donors (Lipinski definition) is 3. The van der Waals surface area contributed by atoms with Gasteiger partial charge in [0.15, 0.2) is 5.96 Å². The van der Waals surface area contributed by atoms with Crippen molar-refractivity contribution in [3.05, 3.63) is 29.8 Å². The maximum Gasteiger partial charge on any atom is 0.319 e. The lowest BCUT2D eigenvalue weighted by Gasteiger charge is -2.22. The van der Waals surface area contributed by atoms with Crippen LogP contribution in [0.4, 0.5) is 10.5 Å². The molecule has 27 heavy (non-hydrogen) atoms. The first-order chi connectivity index (χ1) is 12.9. The summed E-state index contributed by atoms with van der Waals surface area (Å²) in [5.74, 6) is 2.49. The number of likely N-dealkylation sites (tertiary alicyclic amines) is 1. The van der Waals surface area contributed by atoms with Crippen molar-refractivity contribution in [3.8, 4) is 0 Å². The van der Waals surface area contributed by atoms with E-state index in [1.54, 1.807) is 0 Å². The minimum Gasteiger partial charge on any atom is -0.352 e. The number of carbonyl (C=O) groups is 1. The lowest BCUT2D eigenvalue weighted by atomic mass is 9.97. The Morgan fingerprint density at radius 3 is 2.52 bits per heavy atom. The van der Waals surface area contributed by atoms with Gasteiger partial charge in [-0.3, -0.25) is 4.99 Å². The normalized spacial score (nSPS) is 17.5. The maximum atomic E-state index is 11.7. The Kier molecular flexibility index (Phi) is 7.95. The van der Waals surface area contributed by atoms with Gasteiger partial charge in [0.1, 0.15) is 0 Å². The first kappa shape index (κ1) is 21.1. The fraction of sp³-hybridized carbons (Fsp3) is 0.619. The van der Waals surface area contributed by atoms with Gasteiger partial charge in [-0.1, -0.05) is 26.0 Å². The second kappa shape index (κ2) is 10.2. The van der Waals surface area contributed by atoms with Crippen molar-refractivity contribution in [2.75, 3.05) is 25.5 Å². The molecular formula is C21H35N5O. The summed E-state index contributed by atoms with van der Waals surface area (Å²) in [4.78, 5) is 18.6. The van der Waals surface area contributed by atoms with Crippen LogP contribution in [0.15, 0.2) is 29.3 Å². The zero-order valence-corrected chi connectivity index (χ0v) is 17.4. The number of guanidine groups is 1. The number of rotatable bonds is 6. The number of benzene rings is 1. The summed E-state index contributed by atoms with van der Waals surface area (Å²) in [5, 5.41) is 9.12. The van der Waals surface area contributed by atoms with Crippen LogP contribution in [0.25, 0.3) is 0 Å². The van der Waals surface area contributed by atoms with Gasteiger partial charge in [0.25, 0.3) is 0 Å². The highest BCUT2D eigenvalue weighted by molar-refractivity contribution is 5.89. The predicted molar refractivity (Wildman–Crippen MR) is 113 cm³/mol. The van der Waals surface area contributed by atoms with E-state index in [0.29, 0.717) is 0 Å². The van der Waals surface area contributed by atoms with Crippen LogP contribution < -0.4 is 16.0 Å². The van der Waals surface area contributed by atoms with Crippen LogP contribution in [0.5, 0.6) is 0 Å². The minimum atomic E-state index is -0.179. The molecule has 0 aliphatic carbocycles. The Hall–Kier alpha value is -2.24. The SMILES string of the molecule is CN=C(NCc1ccc(NC(=O)NC(C)C)cc1)N1CCC(CC(C)C)C1. The number of amides is 2. The van der Waals surface area contributed by atoms with Crippen molar-refractivity contribution in [2.24, 2.45) is 16.8 Å². The Morgan fingerprint density at radius 1 is 1.22 bits per heavy atom. The summed E-state index contributed by atoms with van der Waals surface area (Å²) < 4.78 is 0. The molecule has 0 saturated carbocycles. The second-order valence-corrected chi connectivity index (χ2v) is 8.08. The number of urea groups is 1. The van der Waals surface area contributed by atoms with Crippen molar-refractivity contribution in [2.45, 2.75) is 53.1 Å². The highest BCUT2D eigenvalue weighted by Gasteiger charge is 2.25. The summed E-state index contributed by atoms with van der Waals surface area (Å²) in [6.07, 6.45) is 2.53. The fourth-order valence-corrected chi connectivity index (χ4v) is 3.53. The van der Waals surface area contributed by atoms with Crippen LogP contribution in [0.1, 0.15) is 46.1 Å².